The van der Waals surface area contributed by atoms with Gasteiger partial charge in [-0.05, 0) is 24.1 Å². The zero-order valence-electron chi connectivity index (χ0n) is 24.8. The average Bonchev–Trinajstić information content (AvgIpc) is 3.26. The number of ether oxygens (including phenoxy) is 1. The van der Waals surface area contributed by atoms with E-state index in [0.29, 0.717) is 5.56 Å². The van der Waals surface area contributed by atoms with Crippen LogP contribution in [0.15, 0.2) is 42.5 Å². The number of aryl methyl sites for hydroxylation is 1. The largest absolute Gasteiger partial charge is 0.388 e. The third kappa shape index (κ3) is 7.85. The summed E-state index contributed by atoms with van der Waals surface area (Å²) in [7, 11) is 11.7. The van der Waals surface area contributed by atoms with Crippen molar-refractivity contribution in [3.63, 3.8) is 0 Å². The van der Waals surface area contributed by atoms with Crippen LogP contribution in [-0.4, -0.2) is 67.7 Å². The van der Waals surface area contributed by atoms with Crippen molar-refractivity contribution >= 4 is 34.0 Å². The second-order valence-corrected chi connectivity index (χ2v) is 10.2. The molecule has 206 valence electrons. The maximum Gasteiger partial charge on any atom is 0.154 e. The molecule has 2 aromatic carbocycles. The topological polar surface area (TPSA) is 69.0 Å². The lowest BCUT2D eigenvalue weighted by Crippen LogP contribution is -2.33. The summed E-state index contributed by atoms with van der Waals surface area (Å²) in [6, 6.07) is 14.6. The second kappa shape index (κ2) is 14.6. The van der Waals surface area contributed by atoms with Crippen molar-refractivity contribution in [2.75, 3.05) is 47.7 Å². The van der Waals surface area contributed by atoms with Crippen molar-refractivity contribution in [1.29, 1.82) is 0 Å². The summed E-state index contributed by atoms with van der Waals surface area (Å²) in [5.41, 5.74) is 5.97. The zero-order chi connectivity index (χ0) is 28.3. The van der Waals surface area contributed by atoms with Crippen LogP contribution < -0.4 is 5.32 Å². The number of hydrogen-bond donors (Lipinski definition) is 1. The number of benzene rings is 2. The number of aromatic nitrogens is 3. The molecule has 7 heteroatoms. The smallest absolute Gasteiger partial charge is 0.154 e. The Morgan fingerprint density at radius 1 is 1.00 bits per heavy atom. The fourth-order valence-electron chi connectivity index (χ4n) is 4.38. The van der Waals surface area contributed by atoms with E-state index in [9.17, 15) is 4.79 Å². The van der Waals surface area contributed by atoms with Gasteiger partial charge in [-0.1, -0.05) is 57.5 Å². The van der Waals surface area contributed by atoms with E-state index < -0.39 is 0 Å². The number of pyridine rings is 1. The number of quaternary nitrogens is 1. The Bertz CT molecular complexity index is 1300. The van der Waals surface area contributed by atoms with E-state index >= 15 is 0 Å². The van der Waals surface area contributed by atoms with E-state index in [1.165, 1.54) is 11.1 Å². The maximum atomic E-state index is 11.4. The number of nitrogens with one attached hydrogen (secondary N) is 1. The molecule has 0 amide bonds. The summed E-state index contributed by atoms with van der Waals surface area (Å²) >= 11 is 0. The van der Waals surface area contributed by atoms with Crippen LogP contribution in [0.3, 0.4) is 0 Å². The molecular weight excluding hydrogens is 474 g/mol. The van der Waals surface area contributed by atoms with Gasteiger partial charge in [0, 0.05) is 50.7 Å². The van der Waals surface area contributed by atoms with Gasteiger partial charge >= 0.3 is 0 Å². The minimum Gasteiger partial charge on any atom is -0.388 e. The number of nitrogens with zero attached hydrogens (tertiary/aromatic N) is 4. The first-order valence-corrected chi connectivity index (χ1v) is 13.5. The van der Waals surface area contributed by atoms with Crippen LogP contribution in [0.5, 0.6) is 0 Å². The first kappa shape index (κ1) is 30.9. The highest BCUT2D eigenvalue weighted by molar-refractivity contribution is 6.08. The van der Waals surface area contributed by atoms with E-state index in [2.05, 4.69) is 67.0 Å². The van der Waals surface area contributed by atoms with Crippen molar-refractivity contribution < 1.29 is 14.0 Å². The molecule has 0 fully saturated rings. The summed E-state index contributed by atoms with van der Waals surface area (Å²) in [4.78, 5) is 21.2. The van der Waals surface area contributed by atoms with E-state index in [0.717, 1.165) is 76.7 Å². The molecule has 2 heterocycles. The van der Waals surface area contributed by atoms with Gasteiger partial charge in [0.25, 0.3) is 0 Å². The van der Waals surface area contributed by atoms with Crippen molar-refractivity contribution in [3.05, 3.63) is 65.0 Å². The number of carbonyl (C=O) groups is 1. The van der Waals surface area contributed by atoms with Crippen LogP contribution in [0.1, 0.15) is 60.9 Å². The van der Waals surface area contributed by atoms with Crippen LogP contribution in [0.4, 0.5) is 5.82 Å². The highest BCUT2D eigenvalue weighted by Gasteiger charge is 2.19. The quantitative estimate of drug-likeness (QED) is 0.206. The van der Waals surface area contributed by atoms with E-state index in [1.54, 1.807) is 14.2 Å². The normalized spacial score (nSPS) is 11.0. The monoisotopic (exact) mass is 520 g/mol. The number of anilines is 1. The van der Waals surface area contributed by atoms with Crippen molar-refractivity contribution in [2.45, 2.75) is 53.1 Å². The molecule has 1 N–H and O–H groups in total. The van der Waals surface area contributed by atoms with Gasteiger partial charge in [0.15, 0.2) is 5.82 Å². The summed E-state index contributed by atoms with van der Waals surface area (Å²) < 4.78 is 7.49. The Hall–Kier alpha value is -3.29. The Labute approximate surface area is 228 Å². The molecule has 0 unspecified atom stereocenters. The highest BCUT2D eigenvalue weighted by Crippen LogP contribution is 2.31. The van der Waals surface area contributed by atoms with Gasteiger partial charge in [0.05, 0.1) is 32.2 Å². The van der Waals surface area contributed by atoms with E-state index in [1.807, 2.05) is 39.1 Å². The molecule has 0 aliphatic rings. The number of aldehydes is 1. The molecule has 2 aromatic heterocycles. The molecule has 38 heavy (non-hydrogen) atoms. The third-order valence-corrected chi connectivity index (χ3v) is 5.93. The minimum absolute atomic E-state index is 0.626. The van der Waals surface area contributed by atoms with Gasteiger partial charge < -0.3 is 19.1 Å². The number of hydrogen-bond acceptors (Lipinski definition) is 5. The molecule has 4 rings (SSSR count). The van der Waals surface area contributed by atoms with Gasteiger partial charge in [0.1, 0.15) is 24.2 Å². The molecule has 0 saturated carbocycles. The maximum absolute atomic E-state index is 11.4. The molecule has 4 aromatic rings. The number of imidazole rings is 1. The van der Waals surface area contributed by atoms with Gasteiger partial charge in [-0.3, -0.25) is 4.79 Å². The molecule has 0 aliphatic heterocycles. The van der Waals surface area contributed by atoms with Crippen LogP contribution in [0, 0.1) is 0 Å². The number of fused-ring (bicyclic) bond motifs is 3. The summed E-state index contributed by atoms with van der Waals surface area (Å²) in [5.74, 6) is 1.82. The summed E-state index contributed by atoms with van der Waals surface area (Å²) in [6.45, 7) is 7.95. The van der Waals surface area contributed by atoms with Gasteiger partial charge in [-0.25, -0.2) is 9.97 Å². The SMILES string of the molecule is CC.CCCCc1nc2c(NC)nc3cc(C=O)ccc3c2n1Cc1ccc(C[N+](C)(C)C)cc1.COC. The molecule has 0 spiro atoms. The molecular formula is C31H46N5O2+. The first-order chi connectivity index (χ1) is 18.2. The lowest BCUT2D eigenvalue weighted by molar-refractivity contribution is -0.884. The van der Waals surface area contributed by atoms with Gasteiger partial charge in [-0.15, -0.1) is 0 Å². The number of carbonyl (C=O) groups excluding carboxylic acids is 1. The molecule has 0 radical (unpaired) electrons. The molecule has 0 atom stereocenters. The lowest BCUT2D eigenvalue weighted by Gasteiger charge is -2.24. The van der Waals surface area contributed by atoms with Crippen molar-refractivity contribution in [1.82, 2.24) is 14.5 Å². The Morgan fingerprint density at radius 3 is 2.18 bits per heavy atom. The van der Waals surface area contributed by atoms with Crippen LogP contribution in [0.2, 0.25) is 0 Å². The van der Waals surface area contributed by atoms with E-state index in [4.69, 9.17) is 9.97 Å². The summed E-state index contributed by atoms with van der Waals surface area (Å²) in [6.07, 6.45) is 3.98. The molecule has 0 aliphatic carbocycles. The highest BCUT2D eigenvalue weighted by atomic mass is 16.4. The second-order valence-electron chi connectivity index (χ2n) is 10.2. The minimum atomic E-state index is 0.626. The first-order valence-electron chi connectivity index (χ1n) is 13.5. The van der Waals surface area contributed by atoms with Crippen molar-refractivity contribution in [2.24, 2.45) is 0 Å². The van der Waals surface area contributed by atoms with Crippen LogP contribution in [-0.2, 0) is 24.2 Å². The van der Waals surface area contributed by atoms with Crippen LogP contribution in [0.25, 0.3) is 21.9 Å². The molecule has 0 saturated heterocycles. The Kier molecular flexibility index (Phi) is 11.9. The van der Waals surface area contributed by atoms with Crippen molar-refractivity contribution in [3.8, 4) is 0 Å². The van der Waals surface area contributed by atoms with E-state index in [-0.39, 0.29) is 0 Å². The average molecular weight is 521 g/mol. The van der Waals surface area contributed by atoms with Crippen LogP contribution >= 0.6 is 0 Å². The third-order valence-electron chi connectivity index (χ3n) is 5.93. The van der Waals surface area contributed by atoms with Gasteiger partial charge in [0.2, 0.25) is 0 Å². The predicted octanol–water partition coefficient (Wildman–Crippen LogP) is 6.32. The number of unbranched alkanes of at least 4 members (excludes halogenated alkanes) is 1. The fraction of sp³-hybridized carbons (Fsp3) is 0.452. The predicted molar refractivity (Wildman–Crippen MR) is 160 cm³/mol. The fourth-order valence-corrected chi connectivity index (χ4v) is 4.38. The molecule has 7 nitrogen and oxygen atoms in total. The zero-order valence-corrected chi connectivity index (χ0v) is 24.8. The molecule has 0 bridgehead atoms. The Balaban J connectivity index is 0.000000947. The lowest BCUT2D eigenvalue weighted by atomic mass is 10.1. The number of rotatable bonds is 9. The van der Waals surface area contributed by atoms with Gasteiger partial charge in [-0.2, -0.15) is 0 Å². The number of methoxy groups -OCH3 is 1. The standard InChI is InChI=1S/C27H34N5O.C2H6O.C2H6/c1-6-7-8-24-30-25-26(22-14-13-21(18-33)15-23(22)29-27(25)28-2)31(24)16-19-9-11-20(12-10-19)17-32(3,4)5;1-3-2;1-2/h9-15,18H,6-8,16-17H2,1-5H3,(H,28,29);1-2H3;1-2H3/q+1;;. The summed E-state index contributed by atoms with van der Waals surface area (Å²) in [5, 5.41) is 4.23. The Morgan fingerprint density at radius 2 is 1.63 bits per heavy atom.